The van der Waals surface area contributed by atoms with Crippen LogP contribution in [0.4, 0.5) is 0 Å². The fourth-order valence-corrected chi connectivity index (χ4v) is 14.5. The number of rotatable bonds is 36. The number of unbranched alkanes of at least 4 members (excludes halogenated alkanes) is 24. The first-order chi connectivity index (χ1) is 36.3. The van der Waals surface area contributed by atoms with Crippen LogP contribution in [0.5, 0.6) is 0 Å². The standard InChI is InChI=1S/C68H90N2O2S2/c1-5-9-13-17-21-23-27-31-35-47(33-29-25-19-15-11-7-3)45-69-65(71)53-41-49-37-40-52-44-56-62-54(42-50-38-39-51-43-55(67(69)73)61(53)63-57(49)60(52)64(62)58(50)59(51)63)66(72)70(68(56)74)46-48(34-30-26-20-16-12-8-4)36-32-28-24-22-18-14-10-6-2/h37-44,47-48H,5-36,45-46H2,1-4H3. The van der Waals surface area contributed by atoms with Crippen molar-refractivity contribution in [3.8, 4) is 0 Å². The van der Waals surface area contributed by atoms with Crippen LogP contribution in [0.2, 0.25) is 0 Å². The van der Waals surface area contributed by atoms with Crippen LogP contribution in [0.25, 0.3) is 86.2 Å². The van der Waals surface area contributed by atoms with Crippen molar-refractivity contribution in [2.45, 2.75) is 246 Å². The number of benzene rings is 7. The Hall–Kier alpha value is -4.00. The molecule has 0 radical (unpaired) electrons. The fraction of sp³-hybridized carbons (Fsp3) is 0.588. The molecule has 9 rings (SSSR count). The van der Waals surface area contributed by atoms with Gasteiger partial charge in [-0.2, -0.15) is 0 Å². The molecule has 0 saturated carbocycles. The monoisotopic (exact) mass is 1030 g/mol. The van der Waals surface area contributed by atoms with Crippen LogP contribution in [0.1, 0.15) is 233 Å². The predicted octanol–water partition coefficient (Wildman–Crippen LogP) is 21.7. The zero-order valence-corrected chi connectivity index (χ0v) is 48.0. The van der Waals surface area contributed by atoms with E-state index in [9.17, 15) is 0 Å². The minimum Gasteiger partial charge on any atom is -0.298 e. The molecule has 2 aromatic heterocycles. The average molecular weight is 1030 g/mol. The number of hydrogen-bond acceptors (Lipinski definition) is 4. The van der Waals surface area contributed by atoms with Crippen LogP contribution >= 0.6 is 24.4 Å². The first-order valence-electron chi connectivity index (χ1n) is 30.8. The third-order valence-corrected chi connectivity index (χ3v) is 18.8. The van der Waals surface area contributed by atoms with Gasteiger partial charge in [0, 0.05) is 56.2 Å². The molecule has 74 heavy (non-hydrogen) atoms. The van der Waals surface area contributed by atoms with E-state index in [2.05, 4.69) is 76.2 Å². The normalized spacial score (nSPS) is 13.5. The van der Waals surface area contributed by atoms with Gasteiger partial charge >= 0.3 is 0 Å². The van der Waals surface area contributed by atoms with Crippen LogP contribution < -0.4 is 11.1 Å². The van der Waals surface area contributed by atoms with Crippen molar-refractivity contribution in [3.05, 3.63) is 78.5 Å². The van der Waals surface area contributed by atoms with Gasteiger partial charge < -0.3 is 0 Å². The van der Waals surface area contributed by atoms with Crippen molar-refractivity contribution in [1.82, 2.24) is 9.13 Å². The highest BCUT2D eigenvalue weighted by Crippen LogP contribution is 2.52. The van der Waals surface area contributed by atoms with Gasteiger partial charge in [-0.25, -0.2) is 0 Å². The van der Waals surface area contributed by atoms with Crippen LogP contribution in [-0.2, 0) is 13.1 Å². The van der Waals surface area contributed by atoms with Crippen LogP contribution in [0.3, 0.4) is 0 Å². The lowest BCUT2D eigenvalue weighted by Gasteiger charge is -2.25. The molecule has 2 heterocycles. The van der Waals surface area contributed by atoms with E-state index in [0.29, 0.717) is 34.2 Å². The van der Waals surface area contributed by atoms with E-state index in [4.69, 9.17) is 24.4 Å². The van der Waals surface area contributed by atoms with Crippen molar-refractivity contribution >= 4 is 111 Å². The second kappa shape index (κ2) is 26.4. The summed E-state index contributed by atoms with van der Waals surface area (Å²) in [6, 6.07) is 17.9. The third-order valence-electron chi connectivity index (χ3n) is 18.0. The molecule has 0 aliphatic rings. The molecule has 2 unspecified atom stereocenters. The highest BCUT2D eigenvalue weighted by Gasteiger charge is 2.28. The molecule has 396 valence electrons. The molecular weight excluding hydrogens is 941 g/mol. The van der Waals surface area contributed by atoms with Crippen LogP contribution in [0.15, 0.2) is 58.1 Å². The smallest absolute Gasteiger partial charge is 0.259 e. The van der Waals surface area contributed by atoms with E-state index >= 15 is 9.59 Å². The minimum absolute atomic E-state index is 0.0594. The molecule has 0 saturated heterocycles. The fourth-order valence-electron chi connectivity index (χ4n) is 13.8. The first-order valence-corrected chi connectivity index (χ1v) is 31.6. The lowest BCUT2D eigenvalue weighted by Crippen LogP contribution is -2.26. The molecule has 0 fully saturated rings. The molecule has 0 bridgehead atoms. The van der Waals surface area contributed by atoms with Crippen molar-refractivity contribution in [3.63, 3.8) is 0 Å². The summed E-state index contributed by atoms with van der Waals surface area (Å²) in [5.74, 6) is 0.855. The van der Waals surface area contributed by atoms with Gasteiger partial charge in [0.25, 0.3) is 11.1 Å². The largest absolute Gasteiger partial charge is 0.298 e. The van der Waals surface area contributed by atoms with E-state index in [1.54, 1.807) is 0 Å². The Balaban J connectivity index is 1.09. The second-order valence-electron chi connectivity index (χ2n) is 23.5. The van der Waals surface area contributed by atoms with Gasteiger partial charge in [-0.15, -0.1) is 0 Å². The maximum absolute atomic E-state index is 15.2. The quantitative estimate of drug-likeness (QED) is 0.0170. The molecule has 9 aromatic rings. The van der Waals surface area contributed by atoms with E-state index in [1.165, 1.54) is 201 Å². The van der Waals surface area contributed by atoms with Gasteiger partial charge in [0.05, 0.1) is 0 Å². The number of hydrogen-bond donors (Lipinski definition) is 0. The van der Waals surface area contributed by atoms with Crippen molar-refractivity contribution in [2.24, 2.45) is 11.8 Å². The first kappa shape index (κ1) is 54.8. The maximum atomic E-state index is 15.2. The molecule has 7 aromatic carbocycles. The Labute approximate surface area is 453 Å². The van der Waals surface area contributed by atoms with Gasteiger partial charge in [-0.1, -0.05) is 256 Å². The Bertz CT molecular complexity index is 3020. The van der Waals surface area contributed by atoms with Gasteiger partial charge in [-0.3, -0.25) is 18.7 Å². The van der Waals surface area contributed by atoms with Crippen molar-refractivity contribution in [2.75, 3.05) is 0 Å². The van der Waals surface area contributed by atoms with Crippen LogP contribution in [-0.4, -0.2) is 9.13 Å². The van der Waals surface area contributed by atoms with Gasteiger partial charge in [0.2, 0.25) is 0 Å². The van der Waals surface area contributed by atoms with E-state index in [1.807, 2.05) is 9.13 Å². The molecule has 6 heteroatoms. The van der Waals surface area contributed by atoms with E-state index in [0.717, 1.165) is 90.3 Å². The van der Waals surface area contributed by atoms with Crippen molar-refractivity contribution < 1.29 is 0 Å². The highest BCUT2D eigenvalue weighted by molar-refractivity contribution is 7.71. The Kier molecular flexibility index (Phi) is 19.5. The minimum atomic E-state index is 0.0594. The molecular formula is C68H90N2O2S2. The van der Waals surface area contributed by atoms with Gasteiger partial charge in [-0.05, 0) is 105 Å². The predicted molar refractivity (Wildman–Crippen MR) is 330 cm³/mol. The van der Waals surface area contributed by atoms with Crippen LogP contribution in [0, 0.1) is 21.1 Å². The number of nitrogens with zero attached hydrogens (tertiary/aromatic N) is 2. The second-order valence-corrected chi connectivity index (χ2v) is 24.3. The van der Waals surface area contributed by atoms with E-state index < -0.39 is 0 Å². The third kappa shape index (κ3) is 11.6. The average Bonchev–Trinajstić information content (AvgIpc) is 3.41. The summed E-state index contributed by atoms with van der Waals surface area (Å²) in [5, 5.41) is 17.1. The topological polar surface area (TPSA) is 44.0 Å². The summed E-state index contributed by atoms with van der Waals surface area (Å²) in [4.78, 5) is 30.4. The zero-order valence-electron chi connectivity index (χ0n) is 46.3. The van der Waals surface area contributed by atoms with E-state index in [-0.39, 0.29) is 11.1 Å². The zero-order chi connectivity index (χ0) is 51.6. The Morgan fingerprint density at radius 1 is 0.324 bits per heavy atom. The molecule has 0 spiro atoms. The number of pyridine rings is 2. The summed E-state index contributed by atoms with van der Waals surface area (Å²) in [7, 11) is 0. The Morgan fingerprint density at radius 2 is 0.568 bits per heavy atom. The SMILES string of the molecule is CCCCCCCCCCC(CCCCCCCC)Cn1c(=O)c2cc3ccc4cc5c(=S)n(CC(CCCCCCCC)CCCCCCCCCC)c(=O)c6cc7ccc8cc(c1=S)c2c1c3c4c(c65)c7c81. The molecule has 0 amide bonds. The molecule has 0 aliphatic carbocycles. The molecule has 4 nitrogen and oxygen atoms in total. The summed E-state index contributed by atoms with van der Waals surface area (Å²) in [6.45, 7) is 10.5. The summed E-state index contributed by atoms with van der Waals surface area (Å²) < 4.78 is 5.38. The highest BCUT2D eigenvalue weighted by atomic mass is 32.1. The van der Waals surface area contributed by atoms with Gasteiger partial charge in [0.1, 0.15) is 9.28 Å². The number of aromatic nitrogens is 2. The molecule has 0 aliphatic heterocycles. The summed E-state index contributed by atoms with van der Waals surface area (Å²) >= 11 is 13.0. The molecule has 0 N–H and O–H groups in total. The Morgan fingerprint density at radius 3 is 0.838 bits per heavy atom. The lowest BCUT2D eigenvalue weighted by molar-refractivity contribution is 0.352. The summed E-state index contributed by atoms with van der Waals surface area (Å²) in [6.07, 6.45) is 41.0. The molecule has 2 atom stereocenters. The maximum Gasteiger partial charge on any atom is 0.259 e. The van der Waals surface area contributed by atoms with Gasteiger partial charge in [0.15, 0.2) is 0 Å². The summed E-state index contributed by atoms with van der Waals surface area (Å²) in [5.41, 5.74) is 0.119. The van der Waals surface area contributed by atoms with Crippen molar-refractivity contribution in [1.29, 1.82) is 0 Å². The lowest BCUT2D eigenvalue weighted by atomic mass is 9.80.